The van der Waals surface area contributed by atoms with Crippen LogP contribution in [0.4, 0.5) is 8.78 Å². The third kappa shape index (κ3) is 6.07. The van der Waals surface area contributed by atoms with Gasteiger partial charge in [0.1, 0.15) is 17.4 Å². The summed E-state index contributed by atoms with van der Waals surface area (Å²) in [5.74, 6) is 0.267. The molecule has 2 saturated carbocycles. The minimum Gasteiger partial charge on any atom is -0.493 e. The number of amides is 1. The van der Waals surface area contributed by atoms with Crippen molar-refractivity contribution < 1.29 is 18.3 Å². The number of carbonyl (C=O) groups is 1. The van der Waals surface area contributed by atoms with Crippen LogP contribution >= 0.6 is 23.9 Å². The molecule has 0 spiro atoms. The fourth-order valence-electron chi connectivity index (χ4n) is 4.19. The van der Waals surface area contributed by atoms with Gasteiger partial charge in [-0.2, -0.15) is 0 Å². The molecule has 2 aliphatic carbocycles. The van der Waals surface area contributed by atoms with E-state index in [2.05, 4.69) is 9.03 Å². The summed E-state index contributed by atoms with van der Waals surface area (Å²) in [5, 5.41) is 0.474. The smallest absolute Gasteiger partial charge is 0.264 e. The largest absolute Gasteiger partial charge is 0.493 e. The molecule has 0 bridgehead atoms. The molecule has 2 aromatic rings. The number of piperidine rings is 1. The molecule has 1 aliphatic heterocycles. The van der Waals surface area contributed by atoms with Crippen molar-refractivity contribution in [2.75, 3.05) is 19.7 Å². The average Bonchev–Trinajstić information content (AvgIpc) is 3.73. The molecule has 0 radical (unpaired) electrons. The molecule has 3 fully saturated rings. The van der Waals surface area contributed by atoms with Crippen molar-refractivity contribution in [3.8, 4) is 5.75 Å². The Morgan fingerprint density at radius 1 is 1.09 bits per heavy atom. The molecule has 182 valence electrons. The van der Waals surface area contributed by atoms with Crippen molar-refractivity contribution in [2.24, 2.45) is 5.92 Å². The zero-order valence-corrected chi connectivity index (χ0v) is 21.0. The molecular formula is C26H30F2N2O2S2. The van der Waals surface area contributed by atoms with E-state index in [1.807, 2.05) is 13.0 Å². The fourth-order valence-corrected chi connectivity index (χ4v) is 5.95. The standard InChI is InChI=1S/C26H30F2N2O2S2/c1-16-12-19(27)4-7-25(16)34-30-10-8-17(9-11-30)15-32-24-14-23(28)22(13-21(24)18-2-3-18)26(31)29-33-20-5-6-20/h4,7,12-14,17-18,20H,2-3,5-6,8-11,15H2,1H3,(H,29,31). The predicted octanol–water partition coefficient (Wildman–Crippen LogP) is 6.49. The van der Waals surface area contributed by atoms with Crippen LogP contribution in [0.15, 0.2) is 35.2 Å². The first-order valence-electron chi connectivity index (χ1n) is 12.1. The van der Waals surface area contributed by atoms with Gasteiger partial charge >= 0.3 is 0 Å². The zero-order valence-electron chi connectivity index (χ0n) is 19.3. The van der Waals surface area contributed by atoms with Gasteiger partial charge in [0.05, 0.1) is 12.2 Å². The van der Waals surface area contributed by atoms with Crippen LogP contribution in [0.2, 0.25) is 0 Å². The molecular weight excluding hydrogens is 474 g/mol. The highest BCUT2D eigenvalue weighted by Gasteiger charge is 2.31. The lowest BCUT2D eigenvalue weighted by molar-refractivity contribution is 0.0980. The second-order valence-corrected chi connectivity index (χ2v) is 11.8. The van der Waals surface area contributed by atoms with Crippen molar-refractivity contribution in [1.82, 2.24) is 9.03 Å². The van der Waals surface area contributed by atoms with Gasteiger partial charge in [0.25, 0.3) is 5.91 Å². The third-order valence-corrected chi connectivity index (χ3v) is 9.00. The quantitative estimate of drug-likeness (QED) is 0.396. The molecule has 3 aliphatic rings. The monoisotopic (exact) mass is 504 g/mol. The maximum Gasteiger partial charge on any atom is 0.264 e. The molecule has 1 N–H and O–H groups in total. The van der Waals surface area contributed by atoms with E-state index in [1.165, 1.54) is 24.1 Å². The Bertz CT molecular complexity index is 1050. The van der Waals surface area contributed by atoms with E-state index in [-0.39, 0.29) is 17.3 Å². The molecule has 4 nitrogen and oxygen atoms in total. The Hall–Kier alpha value is -1.77. The summed E-state index contributed by atoms with van der Waals surface area (Å²) in [5.41, 5.74) is 2.03. The van der Waals surface area contributed by atoms with Crippen molar-refractivity contribution in [3.05, 3.63) is 58.7 Å². The molecule has 1 amide bonds. The van der Waals surface area contributed by atoms with Gasteiger partial charge in [-0.15, -0.1) is 0 Å². The molecule has 5 rings (SSSR count). The van der Waals surface area contributed by atoms with E-state index in [4.69, 9.17) is 4.74 Å². The molecule has 8 heteroatoms. The summed E-state index contributed by atoms with van der Waals surface area (Å²) in [6.07, 6.45) is 6.31. The summed E-state index contributed by atoms with van der Waals surface area (Å²) < 4.78 is 39.4. The van der Waals surface area contributed by atoms with Crippen LogP contribution in [0.1, 0.15) is 65.9 Å². The van der Waals surface area contributed by atoms with Gasteiger partial charge in [-0.1, -0.05) is 0 Å². The first-order chi connectivity index (χ1) is 16.5. The number of nitrogens with zero attached hydrogens (tertiary/aromatic N) is 1. The lowest BCUT2D eigenvalue weighted by Gasteiger charge is -2.31. The highest BCUT2D eigenvalue weighted by molar-refractivity contribution is 7.98. The summed E-state index contributed by atoms with van der Waals surface area (Å²) in [6.45, 7) is 4.34. The number of benzene rings is 2. The highest BCUT2D eigenvalue weighted by Crippen LogP contribution is 2.45. The van der Waals surface area contributed by atoms with Crippen LogP contribution in [-0.2, 0) is 0 Å². The number of carbonyl (C=O) groups excluding carboxylic acids is 1. The average molecular weight is 505 g/mol. The zero-order chi connectivity index (χ0) is 23.7. The Balaban J connectivity index is 1.16. The van der Waals surface area contributed by atoms with Crippen LogP contribution in [0.3, 0.4) is 0 Å². The second-order valence-electron chi connectivity index (χ2n) is 9.58. The summed E-state index contributed by atoms with van der Waals surface area (Å²) in [6, 6.07) is 8.03. The Labute approximate surface area is 208 Å². The van der Waals surface area contributed by atoms with Crippen LogP contribution in [0.25, 0.3) is 0 Å². The van der Waals surface area contributed by atoms with Crippen LogP contribution < -0.4 is 9.46 Å². The molecule has 0 atom stereocenters. The minimum absolute atomic E-state index is 0.115. The molecule has 0 unspecified atom stereocenters. The maximum atomic E-state index is 14.8. The van der Waals surface area contributed by atoms with Gasteiger partial charge in [0.2, 0.25) is 0 Å². The molecule has 2 aromatic carbocycles. The summed E-state index contributed by atoms with van der Waals surface area (Å²) in [7, 11) is 0. The lowest BCUT2D eigenvalue weighted by Crippen LogP contribution is -2.31. The molecule has 1 saturated heterocycles. The SMILES string of the molecule is Cc1cc(F)ccc1SN1CCC(COc2cc(F)c(C(=O)NSC3CC3)cc2C2CC2)CC1. The third-order valence-electron chi connectivity index (χ3n) is 6.62. The molecule has 34 heavy (non-hydrogen) atoms. The summed E-state index contributed by atoms with van der Waals surface area (Å²) in [4.78, 5) is 13.6. The van der Waals surface area contributed by atoms with Gasteiger partial charge in [0.15, 0.2) is 0 Å². The first-order valence-corrected chi connectivity index (χ1v) is 13.7. The summed E-state index contributed by atoms with van der Waals surface area (Å²) >= 11 is 3.08. The number of hydrogen-bond donors (Lipinski definition) is 1. The van der Waals surface area contributed by atoms with E-state index >= 15 is 0 Å². The van der Waals surface area contributed by atoms with Crippen LogP contribution in [0, 0.1) is 24.5 Å². The van der Waals surface area contributed by atoms with Crippen molar-refractivity contribution in [3.63, 3.8) is 0 Å². The van der Waals surface area contributed by atoms with Crippen molar-refractivity contribution >= 4 is 29.8 Å². The van der Waals surface area contributed by atoms with Crippen LogP contribution in [0.5, 0.6) is 5.75 Å². The van der Waals surface area contributed by atoms with Gasteiger partial charge in [-0.25, -0.2) is 13.1 Å². The van der Waals surface area contributed by atoms with Gasteiger partial charge in [-0.05, 0) is 117 Å². The number of nitrogens with one attached hydrogen (secondary N) is 1. The number of rotatable bonds is 9. The fraction of sp³-hybridized carbons (Fsp3) is 0.500. The molecule has 0 aromatic heterocycles. The van der Waals surface area contributed by atoms with Crippen molar-refractivity contribution in [2.45, 2.75) is 61.5 Å². The predicted molar refractivity (Wildman–Crippen MR) is 133 cm³/mol. The normalized spacial score (nSPS) is 19.3. The van der Waals surface area contributed by atoms with E-state index in [0.29, 0.717) is 29.4 Å². The van der Waals surface area contributed by atoms with E-state index < -0.39 is 5.82 Å². The highest BCUT2D eigenvalue weighted by atomic mass is 32.2. The number of ether oxygens (including phenoxy) is 1. The second kappa shape index (κ2) is 10.5. The van der Waals surface area contributed by atoms with E-state index in [1.54, 1.807) is 24.1 Å². The number of halogens is 2. The van der Waals surface area contributed by atoms with Crippen LogP contribution in [-0.4, -0.2) is 35.2 Å². The number of aryl methyl sites for hydroxylation is 1. The van der Waals surface area contributed by atoms with E-state index in [9.17, 15) is 13.6 Å². The maximum absolute atomic E-state index is 14.8. The van der Waals surface area contributed by atoms with E-state index in [0.717, 1.165) is 67.6 Å². The van der Waals surface area contributed by atoms with Crippen molar-refractivity contribution in [1.29, 1.82) is 0 Å². The Morgan fingerprint density at radius 2 is 1.85 bits per heavy atom. The Kier molecular flexibility index (Phi) is 7.37. The Morgan fingerprint density at radius 3 is 2.53 bits per heavy atom. The van der Waals surface area contributed by atoms with Gasteiger partial charge < -0.3 is 4.74 Å². The van der Waals surface area contributed by atoms with Gasteiger partial charge in [0, 0.05) is 29.3 Å². The topological polar surface area (TPSA) is 41.6 Å². The van der Waals surface area contributed by atoms with Gasteiger partial charge in [-0.3, -0.25) is 9.52 Å². The minimum atomic E-state index is -0.519. The molecule has 1 heterocycles. The number of hydrogen-bond acceptors (Lipinski definition) is 5. The first kappa shape index (κ1) is 23.9. The lowest BCUT2D eigenvalue weighted by atomic mass is 9.99.